The quantitative estimate of drug-likeness (QED) is 0.924. The summed E-state index contributed by atoms with van der Waals surface area (Å²) in [6, 6.07) is 0.183. The van der Waals surface area contributed by atoms with Crippen molar-refractivity contribution in [1.82, 2.24) is 15.2 Å². The number of nitrogens with one attached hydrogen (secondary N) is 1. The van der Waals surface area contributed by atoms with Crippen LogP contribution in [0.25, 0.3) is 0 Å². The van der Waals surface area contributed by atoms with Crippen molar-refractivity contribution in [3.05, 3.63) is 16.6 Å². The third kappa shape index (κ3) is 4.80. The average Bonchev–Trinajstić information content (AvgIpc) is 2.88. The molecule has 0 spiro atoms. The molecule has 1 N–H and O–H groups in total. The zero-order valence-electron chi connectivity index (χ0n) is 11.7. The van der Waals surface area contributed by atoms with E-state index in [1.54, 1.807) is 11.3 Å². The van der Waals surface area contributed by atoms with E-state index in [0.29, 0.717) is 0 Å². The molecule has 0 radical (unpaired) electrons. The summed E-state index contributed by atoms with van der Waals surface area (Å²) in [6.07, 6.45) is 2.55. The number of aromatic nitrogens is 1. The summed E-state index contributed by atoms with van der Waals surface area (Å²) in [7, 11) is 0. The Kier molecular flexibility index (Phi) is 4.42. The molecule has 0 aliphatic carbocycles. The molecule has 106 valence electrons. The number of carbonyl (C=O) groups excluding carboxylic acids is 1. The number of alkyl carbamates (subject to hydrolysis) is 1. The van der Waals surface area contributed by atoms with Crippen LogP contribution in [0.3, 0.4) is 0 Å². The molecule has 0 saturated carbocycles. The van der Waals surface area contributed by atoms with Crippen molar-refractivity contribution < 1.29 is 9.53 Å². The van der Waals surface area contributed by atoms with Gasteiger partial charge in [-0.05, 0) is 27.2 Å². The minimum absolute atomic E-state index is 0.183. The van der Waals surface area contributed by atoms with Crippen molar-refractivity contribution in [2.45, 2.75) is 45.4 Å². The van der Waals surface area contributed by atoms with Gasteiger partial charge in [0.2, 0.25) is 0 Å². The summed E-state index contributed by atoms with van der Waals surface area (Å²) in [5, 5.41) is 2.93. The van der Waals surface area contributed by atoms with Gasteiger partial charge in [-0.1, -0.05) is 0 Å². The number of amides is 1. The van der Waals surface area contributed by atoms with Crippen molar-refractivity contribution >= 4 is 17.4 Å². The molecule has 1 aromatic heterocycles. The first kappa shape index (κ1) is 14.3. The van der Waals surface area contributed by atoms with Crippen LogP contribution in [0.2, 0.25) is 0 Å². The molecule has 1 aliphatic rings. The highest BCUT2D eigenvalue weighted by Crippen LogP contribution is 2.16. The molecule has 1 atom stereocenters. The maximum atomic E-state index is 11.7. The van der Waals surface area contributed by atoms with Crippen LogP contribution in [0, 0.1) is 0 Å². The summed E-state index contributed by atoms with van der Waals surface area (Å²) in [5.41, 5.74) is 1.41. The Morgan fingerprint density at radius 3 is 3.05 bits per heavy atom. The van der Waals surface area contributed by atoms with E-state index >= 15 is 0 Å². The van der Waals surface area contributed by atoms with Gasteiger partial charge in [-0.25, -0.2) is 4.79 Å². The Morgan fingerprint density at radius 2 is 2.42 bits per heavy atom. The second-order valence-corrected chi connectivity index (χ2v) is 6.81. The van der Waals surface area contributed by atoms with Crippen LogP contribution in [0.5, 0.6) is 0 Å². The maximum absolute atomic E-state index is 11.7. The third-order valence-electron chi connectivity index (χ3n) is 2.86. The Hall–Kier alpha value is -1.14. The Bertz CT molecular complexity index is 414. The summed E-state index contributed by atoms with van der Waals surface area (Å²) in [6.45, 7) is 8.40. The summed E-state index contributed by atoms with van der Waals surface area (Å²) in [5.74, 6) is 0. The first-order valence-electron chi connectivity index (χ1n) is 6.51. The molecule has 1 unspecified atom stereocenters. The molecule has 1 aliphatic heterocycles. The molecule has 6 heteroatoms. The van der Waals surface area contributed by atoms with Gasteiger partial charge in [0.15, 0.2) is 0 Å². The molecule has 19 heavy (non-hydrogen) atoms. The van der Waals surface area contributed by atoms with Crippen molar-refractivity contribution in [1.29, 1.82) is 0 Å². The number of carbonyl (C=O) groups is 1. The first-order chi connectivity index (χ1) is 8.92. The predicted molar refractivity (Wildman–Crippen MR) is 75.2 cm³/mol. The van der Waals surface area contributed by atoms with Crippen LogP contribution in [-0.4, -0.2) is 40.7 Å². The molecular weight excluding hydrogens is 262 g/mol. The van der Waals surface area contributed by atoms with Gasteiger partial charge in [-0.15, -0.1) is 11.3 Å². The topological polar surface area (TPSA) is 54.5 Å². The highest BCUT2D eigenvalue weighted by Gasteiger charge is 2.26. The van der Waals surface area contributed by atoms with E-state index in [9.17, 15) is 4.79 Å². The van der Waals surface area contributed by atoms with Crippen LogP contribution in [0.4, 0.5) is 4.79 Å². The molecule has 1 saturated heterocycles. The van der Waals surface area contributed by atoms with E-state index in [1.165, 1.54) is 4.88 Å². The zero-order valence-corrected chi connectivity index (χ0v) is 12.5. The van der Waals surface area contributed by atoms with E-state index in [1.807, 2.05) is 32.5 Å². The molecule has 2 heterocycles. The fraction of sp³-hybridized carbons (Fsp3) is 0.692. The lowest BCUT2D eigenvalue weighted by Gasteiger charge is -2.22. The van der Waals surface area contributed by atoms with Gasteiger partial charge in [0.25, 0.3) is 0 Å². The first-order valence-corrected chi connectivity index (χ1v) is 7.39. The van der Waals surface area contributed by atoms with Crippen LogP contribution in [0.15, 0.2) is 11.7 Å². The number of thiazole rings is 1. The van der Waals surface area contributed by atoms with Crippen molar-refractivity contribution in [2.24, 2.45) is 0 Å². The highest BCUT2D eigenvalue weighted by molar-refractivity contribution is 7.09. The second-order valence-electron chi connectivity index (χ2n) is 5.83. The fourth-order valence-electron chi connectivity index (χ4n) is 2.11. The van der Waals surface area contributed by atoms with Gasteiger partial charge in [0, 0.05) is 36.8 Å². The predicted octanol–water partition coefficient (Wildman–Crippen LogP) is 2.24. The normalized spacial score (nSPS) is 20.5. The minimum Gasteiger partial charge on any atom is -0.444 e. The van der Waals surface area contributed by atoms with E-state index in [-0.39, 0.29) is 12.1 Å². The van der Waals surface area contributed by atoms with Crippen LogP contribution in [-0.2, 0) is 11.3 Å². The van der Waals surface area contributed by atoms with E-state index in [0.717, 1.165) is 26.1 Å². The van der Waals surface area contributed by atoms with Crippen LogP contribution < -0.4 is 5.32 Å². The Balaban J connectivity index is 1.74. The maximum Gasteiger partial charge on any atom is 0.407 e. The molecule has 1 fully saturated rings. The van der Waals surface area contributed by atoms with Gasteiger partial charge in [0.05, 0.1) is 5.51 Å². The SMILES string of the molecule is CC(C)(C)OC(=O)NC1CCN(Cc2cncs2)C1. The van der Waals surface area contributed by atoms with Gasteiger partial charge >= 0.3 is 6.09 Å². The van der Waals surface area contributed by atoms with Gasteiger partial charge in [0.1, 0.15) is 5.60 Å². The number of likely N-dealkylation sites (tertiary alicyclic amines) is 1. The number of nitrogens with zero attached hydrogens (tertiary/aromatic N) is 2. The lowest BCUT2D eigenvalue weighted by Crippen LogP contribution is -2.40. The summed E-state index contributed by atoms with van der Waals surface area (Å²) < 4.78 is 5.26. The highest BCUT2D eigenvalue weighted by atomic mass is 32.1. The van der Waals surface area contributed by atoms with E-state index < -0.39 is 5.60 Å². The van der Waals surface area contributed by atoms with E-state index in [4.69, 9.17) is 4.74 Å². The summed E-state index contributed by atoms with van der Waals surface area (Å²) in [4.78, 5) is 19.3. The number of rotatable bonds is 3. The molecule has 0 aromatic carbocycles. The number of ether oxygens (including phenoxy) is 1. The summed E-state index contributed by atoms with van der Waals surface area (Å²) >= 11 is 1.67. The smallest absolute Gasteiger partial charge is 0.407 e. The van der Waals surface area contributed by atoms with Crippen molar-refractivity contribution in [2.75, 3.05) is 13.1 Å². The molecule has 5 nitrogen and oxygen atoms in total. The molecule has 0 bridgehead atoms. The molecule has 1 amide bonds. The van der Waals surface area contributed by atoms with E-state index in [2.05, 4.69) is 15.2 Å². The van der Waals surface area contributed by atoms with Crippen LogP contribution >= 0.6 is 11.3 Å². The number of hydrogen-bond acceptors (Lipinski definition) is 5. The fourth-order valence-corrected chi connectivity index (χ4v) is 2.74. The van der Waals surface area contributed by atoms with Gasteiger partial charge in [-0.2, -0.15) is 0 Å². The number of hydrogen-bond donors (Lipinski definition) is 1. The molecular formula is C13H21N3O2S. The zero-order chi connectivity index (χ0) is 13.9. The van der Waals surface area contributed by atoms with Gasteiger partial charge < -0.3 is 10.1 Å². The monoisotopic (exact) mass is 283 g/mol. The molecule has 1 aromatic rings. The second kappa shape index (κ2) is 5.88. The van der Waals surface area contributed by atoms with Crippen LogP contribution in [0.1, 0.15) is 32.1 Å². The van der Waals surface area contributed by atoms with Crippen molar-refractivity contribution in [3.8, 4) is 0 Å². The molecule has 2 rings (SSSR count). The minimum atomic E-state index is -0.439. The third-order valence-corrected chi connectivity index (χ3v) is 3.62. The Morgan fingerprint density at radius 1 is 1.63 bits per heavy atom. The lowest BCUT2D eigenvalue weighted by atomic mass is 10.2. The standard InChI is InChI=1S/C13H21N3O2S/c1-13(2,3)18-12(17)15-10-4-5-16(7-10)8-11-6-14-9-19-11/h6,9-10H,4-5,7-8H2,1-3H3,(H,15,17). The lowest BCUT2D eigenvalue weighted by molar-refractivity contribution is 0.0506. The Labute approximate surface area is 118 Å². The average molecular weight is 283 g/mol. The van der Waals surface area contributed by atoms with Crippen molar-refractivity contribution in [3.63, 3.8) is 0 Å². The van der Waals surface area contributed by atoms with Gasteiger partial charge in [-0.3, -0.25) is 9.88 Å². The largest absolute Gasteiger partial charge is 0.444 e.